The lowest BCUT2D eigenvalue weighted by Crippen LogP contribution is -2.25. The average molecular weight is 292 g/mol. The Morgan fingerprint density at radius 3 is 2.60 bits per heavy atom. The molecule has 2 aromatic heterocycles. The van der Waals surface area contributed by atoms with Crippen molar-refractivity contribution in [1.82, 2.24) is 19.3 Å². The van der Waals surface area contributed by atoms with Gasteiger partial charge in [-0.05, 0) is 51.0 Å². The van der Waals surface area contributed by atoms with Crippen LogP contribution in [0.25, 0.3) is 11.4 Å². The van der Waals surface area contributed by atoms with E-state index in [2.05, 4.69) is 17.1 Å². The molecule has 2 aromatic rings. The highest BCUT2D eigenvalue weighted by Crippen LogP contribution is 2.19. The minimum absolute atomic E-state index is 0.00338. The van der Waals surface area contributed by atoms with Crippen LogP contribution in [0.2, 0.25) is 0 Å². The average Bonchev–Trinajstić information content (AvgIpc) is 2.72. The number of nitrogens with one attached hydrogen (secondary N) is 1. The summed E-state index contributed by atoms with van der Waals surface area (Å²) in [7, 11) is 0. The van der Waals surface area contributed by atoms with Gasteiger partial charge in [-0.1, -0.05) is 6.92 Å². The first-order chi connectivity index (χ1) is 9.51. The first kappa shape index (κ1) is 14.7. The van der Waals surface area contributed by atoms with Crippen LogP contribution >= 0.6 is 12.2 Å². The molecule has 0 radical (unpaired) electrons. The largest absolute Gasteiger partial charge is 0.313 e. The molecule has 0 saturated carbocycles. The molecule has 0 spiro atoms. The van der Waals surface area contributed by atoms with Gasteiger partial charge in [0.2, 0.25) is 0 Å². The molecule has 0 aromatic carbocycles. The molecule has 2 rings (SSSR count). The maximum atomic E-state index is 12.7. The molecule has 20 heavy (non-hydrogen) atoms. The highest BCUT2D eigenvalue weighted by molar-refractivity contribution is 7.71. The smallest absolute Gasteiger partial charge is 0.262 e. The minimum Gasteiger partial charge on any atom is -0.313 e. The summed E-state index contributed by atoms with van der Waals surface area (Å²) in [4.78, 5) is 12.7. The van der Waals surface area contributed by atoms with E-state index in [1.807, 2.05) is 31.4 Å². The number of aryl methyl sites for hydroxylation is 2. The summed E-state index contributed by atoms with van der Waals surface area (Å²) in [6.07, 6.45) is 0.938. The van der Waals surface area contributed by atoms with Crippen molar-refractivity contribution in [2.75, 3.05) is 0 Å². The fraction of sp³-hybridized carbons (Fsp3) is 0.500. The second kappa shape index (κ2) is 5.75. The lowest BCUT2D eigenvalue weighted by molar-refractivity contribution is 0.667. The third kappa shape index (κ3) is 2.35. The van der Waals surface area contributed by atoms with Crippen molar-refractivity contribution in [3.63, 3.8) is 0 Å². The van der Waals surface area contributed by atoms with Gasteiger partial charge in [0, 0.05) is 18.8 Å². The lowest BCUT2D eigenvalue weighted by Gasteiger charge is -2.13. The van der Waals surface area contributed by atoms with Crippen molar-refractivity contribution in [2.45, 2.75) is 47.2 Å². The fourth-order valence-corrected chi connectivity index (χ4v) is 2.76. The number of pyridine rings is 1. The number of aromatic amines is 1. The monoisotopic (exact) mass is 292 g/mol. The van der Waals surface area contributed by atoms with Crippen molar-refractivity contribution in [3.8, 4) is 11.4 Å². The molecule has 0 saturated heterocycles. The number of aromatic nitrogens is 4. The Kier molecular flexibility index (Phi) is 4.23. The Labute approximate surface area is 123 Å². The maximum Gasteiger partial charge on any atom is 0.262 e. The molecule has 0 fully saturated rings. The first-order valence-corrected chi connectivity index (χ1v) is 7.28. The zero-order chi connectivity index (χ0) is 14.9. The quantitative estimate of drug-likeness (QED) is 0.882. The van der Waals surface area contributed by atoms with Gasteiger partial charge in [-0.25, -0.2) is 0 Å². The van der Waals surface area contributed by atoms with Crippen LogP contribution in [0.4, 0.5) is 0 Å². The normalized spacial score (nSPS) is 11.0. The minimum atomic E-state index is -0.00338. The number of H-pyrrole nitrogens is 1. The molecule has 5 nitrogen and oxygen atoms in total. The molecule has 0 amide bonds. The van der Waals surface area contributed by atoms with Crippen LogP contribution in [0, 0.1) is 18.6 Å². The Morgan fingerprint density at radius 1 is 1.30 bits per heavy atom. The lowest BCUT2D eigenvalue weighted by atomic mass is 10.1. The zero-order valence-electron chi connectivity index (χ0n) is 12.4. The summed E-state index contributed by atoms with van der Waals surface area (Å²) in [5.74, 6) is 0.640. The van der Waals surface area contributed by atoms with Gasteiger partial charge in [0.15, 0.2) is 10.6 Å². The van der Waals surface area contributed by atoms with Crippen molar-refractivity contribution >= 4 is 12.2 Å². The Hall–Kier alpha value is -1.69. The third-order valence-corrected chi connectivity index (χ3v) is 3.76. The highest BCUT2D eigenvalue weighted by Gasteiger charge is 2.17. The third-order valence-electron chi connectivity index (χ3n) is 3.45. The second-order valence-electron chi connectivity index (χ2n) is 4.90. The van der Waals surface area contributed by atoms with Gasteiger partial charge in [-0.3, -0.25) is 9.89 Å². The molecule has 0 unspecified atom stereocenters. The summed E-state index contributed by atoms with van der Waals surface area (Å²) < 4.78 is 4.22. The van der Waals surface area contributed by atoms with Gasteiger partial charge in [0.1, 0.15) is 0 Å². The second-order valence-corrected chi connectivity index (χ2v) is 5.28. The Morgan fingerprint density at radius 2 is 2.00 bits per heavy atom. The molecular weight excluding hydrogens is 272 g/mol. The fourth-order valence-electron chi connectivity index (χ4n) is 2.53. The molecule has 108 valence electrons. The molecule has 2 heterocycles. The Balaban J connectivity index is 2.77. The van der Waals surface area contributed by atoms with E-state index in [1.54, 1.807) is 4.57 Å². The van der Waals surface area contributed by atoms with E-state index in [1.165, 1.54) is 0 Å². The molecule has 0 aliphatic carbocycles. The standard InChI is InChI=1S/C14H20N4OS/c1-5-7-18-12(15-16-14(18)20)11-9(3)8-10(4)17(6-2)13(11)19/h8H,5-7H2,1-4H3,(H,16,20). The van der Waals surface area contributed by atoms with E-state index in [0.29, 0.717) is 22.7 Å². The van der Waals surface area contributed by atoms with Crippen LogP contribution in [0.3, 0.4) is 0 Å². The van der Waals surface area contributed by atoms with E-state index in [-0.39, 0.29) is 5.56 Å². The number of nitrogens with zero attached hydrogens (tertiary/aromatic N) is 3. The maximum absolute atomic E-state index is 12.7. The van der Waals surface area contributed by atoms with Crippen LogP contribution in [0.1, 0.15) is 31.5 Å². The molecule has 0 aliphatic heterocycles. The molecule has 6 heteroatoms. The van der Waals surface area contributed by atoms with Gasteiger partial charge in [-0.15, -0.1) is 0 Å². The molecule has 0 bridgehead atoms. The summed E-state index contributed by atoms with van der Waals surface area (Å²) in [5.41, 5.74) is 2.54. The predicted octanol–water partition coefficient (Wildman–Crippen LogP) is 2.82. The van der Waals surface area contributed by atoms with Crippen molar-refractivity contribution in [1.29, 1.82) is 0 Å². The molecular formula is C14H20N4OS. The zero-order valence-corrected chi connectivity index (χ0v) is 13.2. The summed E-state index contributed by atoms with van der Waals surface area (Å²) in [6, 6.07) is 2.02. The molecule has 0 atom stereocenters. The van der Waals surface area contributed by atoms with Gasteiger partial charge >= 0.3 is 0 Å². The number of rotatable bonds is 4. The van der Waals surface area contributed by atoms with Gasteiger partial charge in [0.05, 0.1) is 5.56 Å². The van der Waals surface area contributed by atoms with Crippen LogP contribution in [-0.2, 0) is 13.1 Å². The van der Waals surface area contributed by atoms with Crippen LogP contribution < -0.4 is 5.56 Å². The van der Waals surface area contributed by atoms with Gasteiger partial charge < -0.3 is 9.13 Å². The van der Waals surface area contributed by atoms with Crippen molar-refractivity contribution in [2.24, 2.45) is 0 Å². The van der Waals surface area contributed by atoms with E-state index >= 15 is 0 Å². The van der Waals surface area contributed by atoms with E-state index in [0.717, 1.165) is 24.2 Å². The van der Waals surface area contributed by atoms with Crippen LogP contribution in [0.15, 0.2) is 10.9 Å². The van der Waals surface area contributed by atoms with E-state index in [9.17, 15) is 4.79 Å². The molecule has 1 N–H and O–H groups in total. The number of hydrogen-bond acceptors (Lipinski definition) is 3. The van der Waals surface area contributed by atoms with Crippen LogP contribution in [-0.4, -0.2) is 19.3 Å². The highest BCUT2D eigenvalue weighted by atomic mass is 32.1. The molecule has 0 aliphatic rings. The predicted molar refractivity (Wildman–Crippen MR) is 82.5 cm³/mol. The van der Waals surface area contributed by atoms with Gasteiger partial charge in [0.25, 0.3) is 5.56 Å². The first-order valence-electron chi connectivity index (χ1n) is 6.87. The van der Waals surface area contributed by atoms with Crippen molar-refractivity contribution in [3.05, 3.63) is 32.4 Å². The number of hydrogen-bond donors (Lipinski definition) is 1. The Bertz CT molecular complexity index is 739. The van der Waals surface area contributed by atoms with Gasteiger partial charge in [-0.2, -0.15) is 5.10 Å². The van der Waals surface area contributed by atoms with Crippen molar-refractivity contribution < 1.29 is 0 Å². The van der Waals surface area contributed by atoms with E-state index < -0.39 is 0 Å². The summed E-state index contributed by atoms with van der Waals surface area (Å²) in [6.45, 7) is 9.34. The van der Waals surface area contributed by atoms with E-state index in [4.69, 9.17) is 12.2 Å². The summed E-state index contributed by atoms with van der Waals surface area (Å²) >= 11 is 5.25. The van der Waals surface area contributed by atoms with Crippen LogP contribution in [0.5, 0.6) is 0 Å². The topological polar surface area (TPSA) is 55.6 Å². The summed E-state index contributed by atoms with van der Waals surface area (Å²) in [5, 5.41) is 7.06. The SMILES string of the molecule is CCCn1c(-c2c(C)cc(C)n(CC)c2=O)n[nH]c1=S.